The van der Waals surface area contributed by atoms with Gasteiger partial charge in [0.15, 0.2) is 6.61 Å². The number of aromatic nitrogens is 1. The van der Waals surface area contributed by atoms with Crippen LogP contribution < -0.4 is 4.74 Å². The summed E-state index contributed by atoms with van der Waals surface area (Å²) in [5.74, 6) is 1.03. The Morgan fingerprint density at radius 3 is 2.64 bits per heavy atom. The Balaban J connectivity index is 1.47. The maximum absolute atomic E-state index is 12.8. The molecule has 0 spiro atoms. The van der Waals surface area contributed by atoms with Crippen LogP contribution in [0.25, 0.3) is 11.3 Å². The minimum Gasteiger partial charge on any atom is -0.482 e. The van der Waals surface area contributed by atoms with Crippen molar-refractivity contribution in [1.82, 2.24) is 4.98 Å². The summed E-state index contributed by atoms with van der Waals surface area (Å²) in [5.41, 5.74) is 3.97. The molecule has 0 saturated heterocycles. The Bertz CT molecular complexity index is 1150. The first kappa shape index (κ1) is 23.2. The van der Waals surface area contributed by atoms with Gasteiger partial charge in [-0.15, -0.1) is 11.8 Å². The van der Waals surface area contributed by atoms with Crippen LogP contribution in [0.15, 0.2) is 59.6 Å². The van der Waals surface area contributed by atoms with Crippen LogP contribution in [-0.4, -0.2) is 24.7 Å². The molecule has 0 atom stereocenters. The molecular weight excluding hydrogens is 451 g/mol. The van der Waals surface area contributed by atoms with Crippen LogP contribution in [0, 0.1) is 0 Å². The van der Waals surface area contributed by atoms with Gasteiger partial charge < -0.3 is 9.47 Å². The Morgan fingerprint density at radius 2 is 1.91 bits per heavy atom. The third kappa shape index (κ3) is 5.50. The third-order valence-corrected chi connectivity index (χ3v) is 6.65. The van der Waals surface area contributed by atoms with E-state index in [1.54, 1.807) is 11.8 Å². The second-order valence-electron chi connectivity index (χ2n) is 7.66. The Kier molecular flexibility index (Phi) is 6.93. The van der Waals surface area contributed by atoms with Crippen LogP contribution in [0.5, 0.6) is 5.75 Å². The summed E-state index contributed by atoms with van der Waals surface area (Å²) >= 11 is 1.71. The number of carbonyl (C=O) groups is 1. The quantitative estimate of drug-likeness (QED) is 0.307. The number of halogens is 3. The maximum Gasteiger partial charge on any atom is 0.417 e. The van der Waals surface area contributed by atoms with Crippen molar-refractivity contribution in [1.29, 1.82) is 0 Å². The van der Waals surface area contributed by atoms with Crippen molar-refractivity contribution in [3.05, 3.63) is 77.0 Å². The van der Waals surface area contributed by atoms with Gasteiger partial charge >= 0.3 is 12.1 Å². The monoisotopic (exact) mass is 473 g/mol. The zero-order valence-corrected chi connectivity index (χ0v) is 18.8. The fraction of sp³-hybridized carbons (Fsp3) is 0.280. The number of thioether (sulfide) groups is 1. The minimum absolute atomic E-state index is 0.111. The number of hydrogen-bond donors (Lipinski definition) is 0. The fourth-order valence-corrected chi connectivity index (χ4v) is 4.89. The van der Waals surface area contributed by atoms with Crippen molar-refractivity contribution in [2.24, 2.45) is 0 Å². The number of carbonyl (C=O) groups excluding carboxylic acids is 1. The number of alkyl halides is 3. The number of ether oxygens (including phenoxy) is 2. The van der Waals surface area contributed by atoms with Crippen molar-refractivity contribution >= 4 is 17.7 Å². The molecule has 1 aliphatic rings. The van der Waals surface area contributed by atoms with Gasteiger partial charge in [0.1, 0.15) is 5.75 Å². The lowest BCUT2D eigenvalue weighted by molar-refractivity contribution is -0.143. The van der Waals surface area contributed by atoms with Gasteiger partial charge in [-0.05, 0) is 66.3 Å². The highest BCUT2D eigenvalue weighted by molar-refractivity contribution is 7.98. The highest BCUT2D eigenvalue weighted by atomic mass is 32.2. The summed E-state index contributed by atoms with van der Waals surface area (Å²) in [6.07, 6.45) is -0.622. The molecule has 0 bridgehead atoms. The van der Waals surface area contributed by atoms with E-state index >= 15 is 0 Å². The van der Waals surface area contributed by atoms with E-state index in [1.165, 1.54) is 23.6 Å². The molecule has 1 aliphatic carbocycles. The van der Waals surface area contributed by atoms with E-state index in [-0.39, 0.29) is 6.61 Å². The molecule has 172 valence electrons. The van der Waals surface area contributed by atoms with Gasteiger partial charge in [-0.25, -0.2) is 4.79 Å². The van der Waals surface area contributed by atoms with Gasteiger partial charge in [0.25, 0.3) is 0 Å². The van der Waals surface area contributed by atoms with Crippen molar-refractivity contribution in [2.45, 2.75) is 36.1 Å². The number of benzene rings is 2. The topological polar surface area (TPSA) is 48.4 Å². The molecule has 0 aliphatic heterocycles. The number of rotatable bonds is 7. The lowest BCUT2D eigenvalue weighted by atomic mass is 10.1. The predicted octanol–water partition coefficient (Wildman–Crippen LogP) is 6.10. The van der Waals surface area contributed by atoms with Crippen LogP contribution in [0.2, 0.25) is 0 Å². The number of esters is 1. The van der Waals surface area contributed by atoms with E-state index in [0.717, 1.165) is 54.0 Å². The first-order valence-corrected chi connectivity index (χ1v) is 11.4. The summed E-state index contributed by atoms with van der Waals surface area (Å²) in [6.45, 7) is -0.111. The van der Waals surface area contributed by atoms with E-state index in [4.69, 9.17) is 4.74 Å². The number of nitrogens with zero attached hydrogens (tertiary/aromatic N) is 1. The number of pyridine rings is 1. The SMILES string of the molecule is COC(=O)COc1ccc(SCc2cccc(-c3ccc(C(F)(F)F)cn3)c2)c2c1CCC2. The number of fused-ring (bicyclic) bond motifs is 1. The lowest BCUT2D eigenvalue weighted by Gasteiger charge is -2.14. The second-order valence-corrected chi connectivity index (χ2v) is 8.67. The lowest BCUT2D eigenvalue weighted by Crippen LogP contribution is -2.13. The molecule has 1 heterocycles. The zero-order chi connectivity index (χ0) is 23.4. The highest BCUT2D eigenvalue weighted by Crippen LogP contribution is 2.39. The van der Waals surface area contributed by atoms with Crippen molar-refractivity contribution < 1.29 is 27.4 Å². The molecule has 4 rings (SSSR count). The maximum atomic E-state index is 12.8. The zero-order valence-electron chi connectivity index (χ0n) is 17.9. The molecule has 1 aromatic heterocycles. The highest BCUT2D eigenvalue weighted by Gasteiger charge is 2.30. The first-order chi connectivity index (χ1) is 15.8. The largest absolute Gasteiger partial charge is 0.482 e. The van der Waals surface area contributed by atoms with Crippen molar-refractivity contribution in [2.75, 3.05) is 13.7 Å². The van der Waals surface area contributed by atoms with Gasteiger partial charge in [-0.2, -0.15) is 13.2 Å². The molecule has 4 nitrogen and oxygen atoms in total. The van der Waals surface area contributed by atoms with Gasteiger partial charge in [0, 0.05) is 22.4 Å². The molecule has 2 aromatic carbocycles. The van der Waals surface area contributed by atoms with Gasteiger partial charge in [0.2, 0.25) is 0 Å². The molecular formula is C25H22F3NO3S. The average Bonchev–Trinajstić information content (AvgIpc) is 3.32. The normalized spacial score (nSPS) is 13.0. The Labute approximate surface area is 194 Å². The van der Waals surface area contributed by atoms with Crippen LogP contribution >= 0.6 is 11.8 Å². The molecule has 0 saturated carbocycles. The minimum atomic E-state index is -4.40. The van der Waals surface area contributed by atoms with E-state index in [1.807, 2.05) is 36.4 Å². The van der Waals surface area contributed by atoms with Gasteiger partial charge in [-0.1, -0.05) is 18.2 Å². The second kappa shape index (κ2) is 9.87. The first-order valence-electron chi connectivity index (χ1n) is 10.4. The smallest absolute Gasteiger partial charge is 0.417 e. The van der Waals surface area contributed by atoms with Crippen molar-refractivity contribution in [3.8, 4) is 17.0 Å². The van der Waals surface area contributed by atoms with E-state index in [2.05, 4.69) is 9.72 Å². The number of methoxy groups -OCH3 is 1. The Hall–Kier alpha value is -3.00. The van der Waals surface area contributed by atoms with Gasteiger partial charge in [-0.3, -0.25) is 4.98 Å². The van der Waals surface area contributed by atoms with Gasteiger partial charge in [0.05, 0.1) is 18.4 Å². The summed E-state index contributed by atoms with van der Waals surface area (Å²) in [4.78, 5) is 16.6. The van der Waals surface area contributed by atoms with Crippen molar-refractivity contribution in [3.63, 3.8) is 0 Å². The van der Waals surface area contributed by atoms with Crippen LogP contribution in [0.4, 0.5) is 13.2 Å². The summed E-state index contributed by atoms with van der Waals surface area (Å²) in [5, 5.41) is 0. The fourth-order valence-electron chi connectivity index (χ4n) is 3.82. The standard InChI is InChI=1S/C25H22F3NO3S/c1-31-24(30)14-32-22-10-11-23(20-7-3-6-19(20)22)33-15-16-4-2-5-17(12-16)21-9-8-18(13-29-21)25(26,27)28/h2,4-5,8-13H,3,6-7,14-15H2,1H3. The predicted molar refractivity (Wildman–Crippen MR) is 120 cm³/mol. The molecule has 0 fully saturated rings. The molecule has 0 amide bonds. The van der Waals surface area contributed by atoms with E-state index < -0.39 is 17.7 Å². The Morgan fingerprint density at radius 1 is 1.09 bits per heavy atom. The van der Waals surface area contributed by atoms with Crippen LogP contribution in [0.1, 0.15) is 28.7 Å². The molecule has 8 heteroatoms. The summed E-state index contributed by atoms with van der Waals surface area (Å²) in [6, 6.07) is 14.0. The molecule has 0 radical (unpaired) electrons. The summed E-state index contributed by atoms with van der Waals surface area (Å²) in [7, 11) is 1.33. The number of hydrogen-bond acceptors (Lipinski definition) is 5. The third-order valence-electron chi connectivity index (χ3n) is 5.48. The average molecular weight is 474 g/mol. The van der Waals surface area contributed by atoms with Crippen LogP contribution in [-0.2, 0) is 34.3 Å². The molecule has 0 unspecified atom stereocenters. The summed E-state index contributed by atoms with van der Waals surface area (Å²) < 4.78 is 48.7. The van der Waals surface area contributed by atoms with Crippen LogP contribution in [0.3, 0.4) is 0 Å². The molecule has 33 heavy (non-hydrogen) atoms. The van der Waals surface area contributed by atoms with E-state index in [9.17, 15) is 18.0 Å². The van der Waals surface area contributed by atoms with E-state index in [0.29, 0.717) is 11.4 Å². The molecule has 0 N–H and O–H groups in total. The molecule has 3 aromatic rings.